The monoisotopic (exact) mass is 410 g/mol. The van der Waals surface area contributed by atoms with Gasteiger partial charge in [0.2, 0.25) is 5.88 Å². The average molecular weight is 412 g/mol. The Morgan fingerprint density at radius 1 is 1.00 bits per heavy atom. The van der Waals surface area contributed by atoms with E-state index in [2.05, 4.69) is 37.0 Å². The molecule has 106 valence electrons. The van der Waals surface area contributed by atoms with E-state index in [0.717, 1.165) is 15.6 Å². The average Bonchev–Trinajstić information content (AvgIpc) is 2.85. The van der Waals surface area contributed by atoms with Crippen LogP contribution in [0, 0.1) is 5.82 Å². The summed E-state index contributed by atoms with van der Waals surface area (Å²) < 4.78 is 19.8. The zero-order chi connectivity index (χ0) is 15.0. The Hall–Kier alpha value is -1.66. The molecule has 0 amide bonds. The molecule has 0 fully saturated rings. The van der Waals surface area contributed by atoms with Crippen molar-refractivity contribution in [1.82, 2.24) is 5.16 Å². The van der Waals surface area contributed by atoms with Crippen LogP contribution in [0.5, 0.6) is 0 Å². The number of benzene rings is 2. The number of aromatic nitrogens is 1. The van der Waals surface area contributed by atoms with Gasteiger partial charge >= 0.3 is 0 Å². The van der Waals surface area contributed by atoms with Crippen molar-refractivity contribution in [3.8, 4) is 22.4 Å². The van der Waals surface area contributed by atoms with E-state index in [1.165, 1.54) is 6.07 Å². The molecule has 3 rings (SSSR count). The summed E-state index contributed by atoms with van der Waals surface area (Å²) in [5, 5.41) is 4.00. The van der Waals surface area contributed by atoms with E-state index < -0.39 is 0 Å². The Labute approximate surface area is 137 Å². The maximum absolute atomic E-state index is 13.4. The van der Waals surface area contributed by atoms with Gasteiger partial charge in [0.25, 0.3) is 0 Å². The first-order valence-corrected chi connectivity index (χ1v) is 7.61. The Balaban J connectivity index is 2.16. The van der Waals surface area contributed by atoms with Gasteiger partial charge in [-0.05, 0) is 51.8 Å². The predicted molar refractivity (Wildman–Crippen MR) is 87.1 cm³/mol. The normalized spacial score (nSPS) is 10.8. The Morgan fingerprint density at radius 3 is 2.33 bits per heavy atom. The fourth-order valence-corrected chi connectivity index (χ4v) is 2.68. The largest absolute Gasteiger partial charge is 0.367 e. The third-order valence-electron chi connectivity index (χ3n) is 3.04. The number of hydrogen-bond acceptors (Lipinski definition) is 3. The van der Waals surface area contributed by atoms with Crippen LogP contribution in [0.25, 0.3) is 22.4 Å². The van der Waals surface area contributed by atoms with E-state index in [1.54, 1.807) is 12.1 Å². The predicted octanol–water partition coefficient (Wildman–Crippen LogP) is 5.25. The standard InChI is InChI=1S/C15H9Br2FN2O/c16-10-4-1-8(2-5-10)13-14(20-21-15(13)19)9-3-6-12(18)11(17)7-9/h1-7H,19H2. The van der Waals surface area contributed by atoms with Crippen LogP contribution < -0.4 is 5.73 Å². The number of anilines is 1. The number of nitrogens with zero attached hydrogens (tertiary/aromatic N) is 1. The van der Waals surface area contributed by atoms with E-state index >= 15 is 0 Å². The van der Waals surface area contributed by atoms with Crippen molar-refractivity contribution < 1.29 is 8.91 Å². The molecule has 0 spiro atoms. The Kier molecular flexibility index (Phi) is 3.82. The molecule has 1 aromatic heterocycles. The van der Waals surface area contributed by atoms with Gasteiger partial charge in [0.15, 0.2) is 0 Å². The van der Waals surface area contributed by atoms with E-state index in [-0.39, 0.29) is 11.7 Å². The molecule has 0 aliphatic heterocycles. The lowest BCUT2D eigenvalue weighted by Crippen LogP contribution is -1.88. The second-order valence-electron chi connectivity index (χ2n) is 4.41. The summed E-state index contributed by atoms with van der Waals surface area (Å²) in [4.78, 5) is 0. The molecule has 21 heavy (non-hydrogen) atoms. The van der Waals surface area contributed by atoms with Crippen LogP contribution in [-0.2, 0) is 0 Å². The lowest BCUT2D eigenvalue weighted by atomic mass is 10.0. The number of rotatable bonds is 2. The molecular weight excluding hydrogens is 403 g/mol. The third-order valence-corrected chi connectivity index (χ3v) is 4.18. The van der Waals surface area contributed by atoms with Gasteiger partial charge in [-0.1, -0.05) is 33.2 Å². The molecule has 0 unspecified atom stereocenters. The van der Waals surface area contributed by atoms with Crippen LogP contribution >= 0.6 is 31.9 Å². The second kappa shape index (κ2) is 5.61. The highest BCUT2D eigenvalue weighted by Crippen LogP contribution is 2.37. The SMILES string of the molecule is Nc1onc(-c2ccc(F)c(Br)c2)c1-c1ccc(Br)cc1. The highest BCUT2D eigenvalue weighted by atomic mass is 79.9. The minimum Gasteiger partial charge on any atom is -0.367 e. The summed E-state index contributed by atoms with van der Waals surface area (Å²) in [7, 11) is 0. The van der Waals surface area contributed by atoms with E-state index in [4.69, 9.17) is 10.3 Å². The van der Waals surface area contributed by atoms with E-state index in [1.807, 2.05) is 24.3 Å². The second-order valence-corrected chi connectivity index (χ2v) is 6.18. The van der Waals surface area contributed by atoms with Crippen molar-refractivity contribution in [3.63, 3.8) is 0 Å². The van der Waals surface area contributed by atoms with Crippen LogP contribution in [0.2, 0.25) is 0 Å². The fraction of sp³-hybridized carbons (Fsp3) is 0. The van der Waals surface area contributed by atoms with Crippen LogP contribution in [0.3, 0.4) is 0 Å². The summed E-state index contributed by atoms with van der Waals surface area (Å²) in [5.74, 6) is -0.104. The van der Waals surface area contributed by atoms with Crippen molar-refractivity contribution in [2.45, 2.75) is 0 Å². The molecule has 6 heteroatoms. The van der Waals surface area contributed by atoms with Crippen molar-refractivity contribution in [3.05, 3.63) is 57.2 Å². The highest BCUT2D eigenvalue weighted by molar-refractivity contribution is 9.10. The topological polar surface area (TPSA) is 52.0 Å². The van der Waals surface area contributed by atoms with Crippen molar-refractivity contribution in [1.29, 1.82) is 0 Å². The smallest absolute Gasteiger partial charge is 0.230 e. The molecular formula is C15H9Br2FN2O. The molecule has 3 nitrogen and oxygen atoms in total. The molecule has 0 aliphatic carbocycles. The van der Waals surface area contributed by atoms with Crippen LogP contribution in [-0.4, -0.2) is 5.16 Å². The summed E-state index contributed by atoms with van der Waals surface area (Å²) in [6.45, 7) is 0. The first-order valence-electron chi connectivity index (χ1n) is 6.03. The first-order chi connectivity index (χ1) is 10.1. The van der Waals surface area contributed by atoms with Gasteiger partial charge in [-0.3, -0.25) is 0 Å². The summed E-state index contributed by atoms with van der Waals surface area (Å²) in [5.41, 5.74) is 8.77. The minimum atomic E-state index is -0.333. The van der Waals surface area contributed by atoms with Gasteiger partial charge in [0.05, 0.1) is 10.0 Å². The maximum atomic E-state index is 13.4. The van der Waals surface area contributed by atoms with E-state index in [0.29, 0.717) is 15.7 Å². The van der Waals surface area contributed by atoms with Crippen molar-refractivity contribution in [2.24, 2.45) is 0 Å². The summed E-state index contributed by atoms with van der Waals surface area (Å²) in [6, 6.07) is 12.3. The maximum Gasteiger partial charge on any atom is 0.230 e. The zero-order valence-corrected chi connectivity index (χ0v) is 13.8. The summed E-state index contributed by atoms with van der Waals surface area (Å²) >= 11 is 6.56. The lowest BCUT2D eigenvalue weighted by Gasteiger charge is -2.04. The molecule has 2 aromatic carbocycles. The van der Waals surface area contributed by atoms with Crippen LogP contribution in [0.1, 0.15) is 0 Å². The van der Waals surface area contributed by atoms with E-state index in [9.17, 15) is 4.39 Å². The van der Waals surface area contributed by atoms with Gasteiger partial charge in [-0.25, -0.2) is 4.39 Å². The van der Waals surface area contributed by atoms with Gasteiger partial charge < -0.3 is 10.3 Å². The third kappa shape index (κ3) is 2.73. The van der Waals surface area contributed by atoms with Gasteiger partial charge in [0.1, 0.15) is 11.5 Å². The molecule has 0 saturated carbocycles. The molecule has 0 aliphatic rings. The fourth-order valence-electron chi connectivity index (χ4n) is 2.04. The Morgan fingerprint density at radius 2 is 1.67 bits per heavy atom. The summed E-state index contributed by atoms with van der Waals surface area (Å²) in [6.07, 6.45) is 0. The van der Waals surface area contributed by atoms with Crippen molar-refractivity contribution in [2.75, 3.05) is 5.73 Å². The number of nitrogen functional groups attached to an aromatic ring is 1. The quantitative estimate of drug-likeness (QED) is 0.626. The van der Waals surface area contributed by atoms with Gasteiger partial charge in [0, 0.05) is 10.0 Å². The van der Waals surface area contributed by atoms with Crippen molar-refractivity contribution >= 4 is 37.7 Å². The molecule has 0 atom stereocenters. The molecule has 1 heterocycles. The zero-order valence-electron chi connectivity index (χ0n) is 10.6. The number of nitrogens with two attached hydrogens (primary N) is 1. The number of hydrogen-bond donors (Lipinski definition) is 1. The Bertz CT molecular complexity index is 800. The van der Waals surface area contributed by atoms with Crippen LogP contribution in [0.15, 0.2) is 55.9 Å². The number of halogens is 3. The lowest BCUT2D eigenvalue weighted by molar-refractivity contribution is 0.439. The van der Waals surface area contributed by atoms with Gasteiger partial charge in [-0.15, -0.1) is 0 Å². The molecule has 3 aromatic rings. The minimum absolute atomic E-state index is 0.229. The molecule has 0 saturated heterocycles. The molecule has 2 N–H and O–H groups in total. The van der Waals surface area contributed by atoms with Crippen LogP contribution in [0.4, 0.5) is 10.3 Å². The molecule has 0 radical (unpaired) electrons. The highest BCUT2D eigenvalue weighted by Gasteiger charge is 2.18. The molecule has 0 bridgehead atoms. The van der Waals surface area contributed by atoms with Gasteiger partial charge in [-0.2, -0.15) is 0 Å². The first kappa shape index (κ1) is 14.3.